The van der Waals surface area contributed by atoms with Crippen LogP contribution >= 0.6 is 24.0 Å². The van der Waals surface area contributed by atoms with Crippen molar-refractivity contribution in [1.82, 2.24) is 15.6 Å². The summed E-state index contributed by atoms with van der Waals surface area (Å²) in [6, 6.07) is 7.43. The molecular formula is C20H30IN5O3. The average molecular weight is 515 g/mol. The molecule has 1 aromatic carbocycles. The van der Waals surface area contributed by atoms with Gasteiger partial charge in [0.1, 0.15) is 5.76 Å². The predicted molar refractivity (Wildman–Crippen MR) is 125 cm³/mol. The van der Waals surface area contributed by atoms with Crippen LogP contribution < -0.4 is 16.0 Å². The number of oxazole rings is 1. The molecule has 29 heavy (non-hydrogen) atoms. The molecule has 0 spiro atoms. The standard InChI is InChI=1S/C20H29N5O3.HI/c1-6-21-18(24-13-17-22-12-16(28-17)20(2,3)4)23-11-14-7-9-15(10-8-14)25-19(26)27-5;/h7-10,12H,6,11,13H2,1-5H3,(H,25,26)(H2,21,23,24);1H. The van der Waals surface area contributed by atoms with Crippen LogP contribution in [-0.2, 0) is 23.2 Å². The third kappa shape index (κ3) is 8.30. The van der Waals surface area contributed by atoms with E-state index in [0.717, 1.165) is 17.9 Å². The largest absolute Gasteiger partial charge is 0.453 e. The van der Waals surface area contributed by atoms with Gasteiger partial charge in [0, 0.05) is 17.6 Å². The highest BCUT2D eigenvalue weighted by Crippen LogP contribution is 2.22. The summed E-state index contributed by atoms with van der Waals surface area (Å²) in [6.45, 7) is 9.95. The first-order valence-electron chi connectivity index (χ1n) is 9.23. The minimum atomic E-state index is -0.495. The highest BCUT2D eigenvalue weighted by molar-refractivity contribution is 14.0. The summed E-state index contributed by atoms with van der Waals surface area (Å²) in [5.74, 6) is 2.15. The molecule has 0 saturated carbocycles. The van der Waals surface area contributed by atoms with Gasteiger partial charge in [-0.15, -0.1) is 24.0 Å². The molecule has 9 heteroatoms. The van der Waals surface area contributed by atoms with E-state index in [1.807, 2.05) is 31.2 Å². The van der Waals surface area contributed by atoms with Gasteiger partial charge >= 0.3 is 6.09 Å². The second-order valence-electron chi connectivity index (χ2n) is 7.23. The second kappa shape index (κ2) is 11.6. The van der Waals surface area contributed by atoms with Crippen molar-refractivity contribution in [2.45, 2.75) is 46.2 Å². The van der Waals surface area contributed by atoms with Crippen LogP contribution in [0.1, 0.15) is 44.9 Å². The van der Waals surface area contributed by atoms with E-state index in [2.05, 4.69) is 51.4 Å². The van der Waals surface area contributed by atoms with Gasteiger partial charge in [-0.25, -0.2) is 14.8 Å². The van der Waals surface area contributed by atoms with Gasteiger partial charge < -0.3 is 19.8 Å². The molecule has 3 N–H and O–H groups in total. The van der Waals surface area contributed by atoms with E-state index in [-0.39, 0.29) is 29.4 Å². The summed E-state index contributed by atoms with van der Waals surface area (Å²) < 4.78 is 10.4. The van der Waals surface area contributed by atoms with Gasteiger partial charge in [0.25, 0.3) is 0 Å². The smallest absolute Gasteiger partial charge is 0.411 e. The minimum absolute atomic E-state index is 0. The molecule has 8 nitrogen and oxygen atoms in total. The van der Waals surface area contributed by atoms with E-state index in [0.29, 0.717) is 30.6 Å². The van der Waals surface area contributed by atoms with E-state index in [1.54, 1.807) is 6.20 Å². The van der Waals surface area contributed by atoms with Crippen molar-refractivity contribution < 1.29 is 13.9 Å². The number of carbonyl (C=O) groups excluding carboxylic acids is 1. The van der Waals surface area contributed by atoms with Crippen LogP contribution in [0.3, 0.4) is 0 Å². The molecule has 2 rings (SSSR count). The Balaban J connectivity index is 0.00000420. The lowest BCUT2D eigenvalue weighted by atomic mass is 9.94. The Labute approximate surface area is 188 Å². The summed E-state index contributed by atoms with van der Waals surface area (Å²) in [7, 11) is 1.33. The maximum Gasteiger partial charge on any atom is 0.411 e. The number of carbonyl (C=O) groups is 1. The Kier molecular flexibility index (Phi) is 9.93. The fraction of sp³-hybridized carbons (Fsp3) is 0.450. The molecule has 0 unspecified atom stereocenters. The molecule has 0 atom stereocenters. The molecule has 1 heterocycles. The van der Waals surface area contributed by atoms with Crippen LogP contribution in [0.25, 0.3) is 0 Å². The molecule has 1 aromatic heterocycles. The van der Waals surface area contributed by atoms with Crippen LogP contribution in [0.4, 0.5) is 10.5 Å². The molecule has 0 saturated heterocycles. The number of rotatable bonds is 6. The Bertz CT molecular complexity index is 797. The number of nitrogens with zero attached hydrogens (tertiary/aromatic N) is 2. The first-order valence-corrected chi connectivity index (χ1v) is 9.23. The van der Waals surface area contributed by atoms with E-state index in [1.165, 1.54) is 7.11 Å². The molecule has 2 aromatic rings. The van der Waals surface area contributed by atoms with Crippen LogP contribution in [0.15, 0.2) is 39.9 Å². The highest BCUT2D eigenvalue weighted by Gasteiger charge is 2.19. The number of amides is 1. The lowest BCUT2D eigenvalue weighted by molar-refractivity contribution is 0.187. The number of aliphatic imine (C=N–C) groups is 1. The van der Waals surface area contributed by atoms with E-state index in [9.17, 15) is 4.79 Å². The summed E-state index contributed by atoms with van der Waals surface area (Å²) >= 11 is 0. The van der Waals surface area contributed by atoms with Crippen molar-refractivity contribution in [1.29, 1.82) is 0 Å². The zero-order valence-electron chi connectivity index (χ0n) is 17.5. The zero-order valence-corrected chi connectivity index (χ0v) is 19.9. The summed E-state index contributed by atoms with van der Waals surface area (Å²) in [6.07, 6.45) is 1.27. The van der Waals surface area contributed by atoms with Crippen LogP contribution in [0, 0.1) is 0 Å². The van der Waals surface area contributed by atoms with E-state index < -0.39 is 6.09 Å². The Hall–Kier alpha value is -2.30. The van der Waals surface area contributed by atoms with Gasteiger partial charge in [0.2, 0.25) is 5.89 Å². The molecule has 160 valence electrons. The minimum Gasteiger partial charge on any atom is -0.453 e. The lowest BCUT2D eigenvalue weighted by Crippen LogP contribution is -2.36. The van der Waals surface area contributed by atoms with Crippen molar-refractivity contribution in [3.8, 4) is 0 Å². The number of ether oxygens (including phenoxy) is 1. The van der Waals surface area contributed by atoms with Crippen molar-refractivity contribution in [3.63, 3.8) is 0 Å². The number of methoxy groups -OCH3 is 1. The number of aromatic nitrogens is 1. The number of nitrogens with one attached hydrogen (secondary N) is 3. The number of hydrogen-bond donors (Lipinski definition) is 3. The van der Waals surface area contributed by atoms with Crippen molar-refractivity contribution >= 4 is 41.7 Å². The third-order valence-corrected chi connectivity index (χ3v) is 3.85. The van der Waals surface area contributed by atoms with Crippen LogP contribution in [0.2, 0.25) is 0 Å². The SMILES string of the molecule is CCNC(=NCc1ccc(NC(=O)OC)cc1)NCc1ncc(C(C)(C)C)o1.I. The normalized spacial score (nSPS) is 11.4. The van der Waals surface area contributed by atoms with Gasteiger partial charge in [0.15, 0.2) is 5.96 Å². The first-order chi connectivity index (χ1) is 13.3. The van der Waals surface area contributed by atoms with Gasteiger partial charge in [-0.05, 0) is 24.6 Å². The Morgan fingerprint density at radius 1 is 1.21 bits per heavy atom. The Morgan fingerprint density at radius 3 is 2.45 bits per heavy atom. The quantitative estimate of drug-likeness (QED) is 0.305. The molecule has 1 amide bonds. The van der Waals surface area contributed by atoms with E-state index >= 15 is 0 Å². The zero-order chi connectivity index (χ0) is 20.6. The molecule has 0 bridgehead atoms. The van der Waals surface area contributed by atoms with Gasteiger partial charge in [-0.3, -0.25) is 5.32 Å². The number of benzene rings is 1. The lowest BCUT2D eigenvalue weighted by Gasteiger charge is -2.13. The molecule has 0 fully saturated rings. The number of guanidine groups is 1. The molecule has 0 radical (unpaired) electrons. The fourth-order valence-corrected chi connectivity index (χ4v) is 2.27. The fourth-order valence-electron chi connectivity index (χ4n) is 2.27. The van der Waals surface area contributed by atoms with Gasteiger partial charge in [-0.1, -0.05) is 32.9 Å². The number of anilines is 1. The molecular weight excluding hydrogens is 485 g/mol. The topological polar surface area (TPSA) is 101 Å². The maximum atomic E-state index is 11.2. The number of halogens is 1. The van der Waals surface area contributed by atoms with Crippen molar-refractivity contribution in [3.05, 3.63) is 47.7 Å². The van der Waals surface area contributed by atoms with Gasteiger partial charge in [0.05, 0.1) is 26.4 Å². The molecule has 0 aliphatic carbocycles. The van der Waals surface area contributed by atoms with Crippen LogP contribution in [-0.4, -0.2) is 30.7 Å². The maximum absolute atomic E-state index is 11.2. The molecule has 0 aliphatic rings. The van der Waals surface area contributed by atoms with Gasteiger partial charge in [-0.2, -0.15) is 0 Å². The number of hydrogen-bond acceptors (Lipinski definition) is 5. The summed E-state index contributed by atoms with van der Waals surface area (Å²) in [5.41, 5.74) is 1.61. The first kappa shape index (κ1) is 24.7. The summed E-state index contributed by atoms with van der Waals surface area (Å²) in [5, 5.41) is 9.04. The summed E-state index contributed by atoms with van der Waals surface area (Å²) in [4.78, 5) is 20.1. The molecule has 0 aliphatic heterocycles. The van der Waals surface area contributed by atoms with Crippen LogP contribution in [0.5, 0.6) is 0 Å². The highest BCUT2D eigenvalue weighted by atomic mass is 127. The van der Waals surface area contributed by atoms with Crippen molar-refractivity contribution in [2.75, 3.05) is 19.0 Å². The second-order valence-corrected chi connectivity index (χ2v) is 7.23. The average Bonchev–Trinajstić information content (AvgIpc) is 3.14. The van der Waals surface area contributed by atoms with E-state index in [4.69, 9.17) is 4.42 Å². The third-order valence-electron chi connectivity index (χ3n) is 3.85. The van der Waals surface area contributed by atoms with Crippen molar-refractivity contribution in [2.24, 2.45) is 4.99 Å². The predicted octanol–water partition coefficient (Wildman–Crippen LogP) is 4.02. The Morgan fingerprint density at radius 2 is 1.90 bits per heavy atom. The monoisotopic (exact) mass is 515 g/mol.